The summed E-state index contributed by atoms with van der Waals surface area (Å²) >= 11 is 6.10. The molecule has 4 aliphatic carbocycles. The molecule has 1 aromatic carbocycles. The van der Waals surface area contributed by atoms with Crippen molar-refractivity contribution in [3.05, 3.63) is 46.5 Å². The molecule has 2 nitrogen and oxygen atoms in total. The summed E-state index contributed by atoms with van der Waals surface area (Å²) in [6.07, 6.45) is 16.7. The maximum Gasteiger partial charge on any atom is 0.338 e. The highest BCUT2D eigenvalue weighted by atomic mass is 35.5. The lowest BCUT2D eigenvalue weighted by Crippen LogP contribution is -2.51. The van der Waals surface area contributed by atoms with Crippen LogP contribution in [-0.4, -0.2) is 12.1 Å². The molecule has 0 aromatic heterocycles. The first-order valence-corrected chi connectivity index (χ1v) is 15.7. The Kier molecular flexibility index (Phi) is 7.90. The van der Waals surface area contributed by atoms with Crippen LogP contribution in [0.1, 0.15) is 116 Å². The Balaban J connectivity index is 1.25. The van der Waals surface area contributed by atoms with Gasteiger partial charge in [0.2, 0.25) is 0 Å². The van der Waals surface area contributed by atoms with E-state index in [2.05, 4.69) is 40.7 Å². The van der Waals surface area contributed by atoms with Crippen molar-refractivity contribution < 1.29 is 9.53 Å². The van der Waals surface area contributed by atoms with Crippen molar-refractivity contribution in [1.29, 1.82) is 0 Å². The Morgan fingerprint density at radius 1 is 1.05 bits per heavy atom. The van der Waals surface area contributed by atoms with Crippen molar-refractivity contribution >= 4 is 17.6 Å². The molecule has 4 aliphatic rings. The summed E-state index contributed by atoms with van der Waals surface area (Å²) in [4.78, 5) is 12.8. The van der Waals surface area contributed by atoms with Gasteiger partial charge >= 0.3 is 5.97 Å². The second kappa shape index (κ2) is 10.7. The van der Waals surface area contributed by atoms with Gasteiger partial charge < -0.3 is 4.74 Å². The van der Waals surface area contributed by atoms with Crippen LogP contribution in [0.15, 0.2) is 35.9 Å². The Hall–Kier alpha value is -1.28. The van der Waals surface area contributed by atoms with Gasteiger partial charge in [0.15, 0.2) is 0 Å². The van der Waals surface area contributed by atoms with Gasteiger partial charge in [0.05, 0.1) is 5.56 Å². The van der Waals surface area contributed by atoms with Crippen LogP contribution >= 0.6 is 11.6 Å². The number of halogens is 1. The van der Waals surface area contributed by atoms with E-state index in [1.165, 1.54) is 51.4 Å². The molecule has 0 heterocycles. The van der Waals surface area contributed by atoms with Crippen LogP contribution in [0, 0.1) is 46.3 Å². The van der Waals surface area contributed by atoms with E-state index in [9.17, 15) is 4.79 Å². The first kappa shape index (κ1) is 27.3. The predicted octanol–water partition coefficient (Wildman–Crippen LogP) is 9.91. The van der Waals surface area contributed by atoms with Gasteiger partial charge in [-0.15, -0.1) is 0 Å². The van der Waals surface area contributed by atoms with Gasteiger partial charge in [-0.3, -0.25) is 0 Å². The molecular formula is C34H49ClO2. The summed E-state index contributed by atoms with van der Waals surface area (Å²) in [5.74, 6) is 4.88. The third-order valence-corrected chi connectivity index (χ3v) is 11.8. The average Bonchev–Trinajstić information content (AvgIpc) is 3.21. The first-order chi connectivity index (χ1) is 17.6. The summed E-state index contributed by atoms with van der Waals surface area (Å²) in [6, 6.07) is 7.12. The number of ether oxygens (including phenoxy) is 1. The highest BCUT2D eigenvalue weighted by molar-refractivity contribution is 6.30. The zero-order valence-electron chi connectivity index (χ0n) is 23.9. The third-order valence-electron chi connectivity index (χ3n) is 11.6. The van der Waals surface area contributed by atoms with Gasteiger partial charge in [-0.2, -0.15) is 0 Å². The highest BCUT2D eigenvalue weighted by Crippen LogP contribution is 2.67. The third kappa shape index (κ3) is 5.18. The van der Waals surface area contributed by atoms with E-state index in [4.69, 9.17) is 16.3 Å². The molecular weight excluding hydrogens is 476 g/mol. The fraction of sp³-hybridized carbons (Fsp3) is 0.735. The van der Waals surface area contributed by atoms with Crippen molar-refractivity contribution in [3.8, 4) is 0 Å². The summed E-state index contributed by atoms with van der Waals surface area (Å²) < 4.78 is 6.00. The minimum atomic E-state index is -0.238. The predicted molar refractivity (Wildman–Crippen MR) is 154 cm³/mol. The molecule has 204 valence electrons. The maximum atomic E-state index is 12.8. The molecule has 0 unspecified atom stereocenters. The number of hydrogen-bond acceptors (Lipinski definition) is 2. The van der Waals surface area contributed by atoms with Crippen LogP contribution in [0.2, 0.25) is 5.02 Å². The van der Waals surface area contributed by atoms with Gasteiger partial charge in [0.25, 0.3) is 0 Å². The van der Waals surface area contributed by atoms with E-state index in [0.717, 1.165) is 54.8 Å². The number of rotatable bonds is 7. The van der Waals surface area contributed by atoms with Crippen molar-refractivity contribution in [1.82, 2.24) is 0 Å². The summed E-state index contributed by atoms with van der Waals surface area (Å²) in [6.45, 7) is 12.5. The van der Waals surface area contributed by atoms with Gasteiger partial charge in [0, 0.05) is 11.4 Å². The van der Waals surface area contributed by atoms with Crippen molar-refractivity contribution in [2.75, 3.05) is 0 Å². The smallest absolute Gasteiger partial charge is 0.338 e. The molecule has 5 rings (SSSR count). The molecule has 0 saturated heterocycles. The summed E-state index contributed by atoms with van der Waals surface area (Å²) in [5, 5.41) is 0.579. The summed E-state index contributed by atoms with van der Waals surface area (Å²) in [5.41, 5.74) is 2.94. The van der Waals surface area contributed by atoms with Crippen LogP contribution in [-0.2, 0) is 4.74 Å². The minimum Gasteiger partial charge on any atom is -0.458 e. The molecule has 1 aromatic rings. The van der Waals surface area contributed by atoms with Crippen molar-refractivity contribution in [2.45, 2.75) is 111 Å². The topological polar surface area (TPSA) is 26.3 Å². The Labute approximate surface area is 231 Å². The van der Waals surface area contributed by atoms with E-state index in [0.29, 0.717) is 16.0 Å². The zero-order valence-corrected chi connectivity index (χ0v) is 24.7. The minimum absolute atomic E-state index is 0.0150. The van der Waals surface area contributed by atoms with Crippen molar-refractivity contribution in [2.24, 2.45) is 46.3 Å². The lowest BCUT2D eigenvalue weighted by Gasteiger charge is -2.58. The van der Waals surface area contributed by atoms with Gasteiger partial charge in [-0.05, 0) is 109 Å². The lowest BCUT2D eigenvalue weighted by atomic mass is 9.47. The molecule has 0 radical (unpaired) electrons. The van der Waals surface area contributed by atoms with Crippen LogP contribution in [0.3, 0.4) is 0 Å². The average molecular weight is 525 g/mol. The van der Waals surface area contributed by atoms with E-state index in [1.54, 1.807) is 23.8 Å². The number of hydrogen-bond donors (Lipinski definition) is 0. The quantitative estimate of drug-likeness (QED) is 0.262. The molecule has 0 amide bonds. The number of fused-ring (bicyclic) bond motifs is 5. The Bertz CT molecular complexity index is 1010. The van der Waals surface area contributed by atoms with Gasteiger partial charge in [-0.25, -0.2) is 4.79 Å². The van der Waals surface area contributed by atoms with Crippen LogP contribution in [0.5, 0.6) is 0 Å². The molecule has 0 bridgehead atoms. The monoisotopic (exact) mass is 524 g/mol. The maximum absolute atomic E-state index is 12.8. The second-order valence-electron chi connectivity index (χ2n) is 14.1. The van der Waals surface area contributed by atoms with E-state index < -0.39 is 0 Å². The highest BCUT2D eigenvalue weighted by Gasteiger charge is 2.59. The van der Waals surface area contributed by atoms with E-state index >= 15 is 0 Å². The molecule has 0 aliphatic heterocycles. The molecule has 37 heavy (non-hydrogen) atoms. The SMILES string of the molecule is CC(C)CCC[C@H](C)[C@@H]1CC[C@@H]2[C@H]3CC=C4C[C@@H](OC(=O)c5cccc(Cl)c5)CC[C@]4(C)[C@@H]3CC[C@@]21C. The van der Waals surface area contributed by atoms with Crippen LogP contribution in [0.25, 0.3) is 0 Å². The zero-order chi connectivity index (χ0) is 26.4. The largest absolute Gasteiger partial charge is 0.458 e. The van der Waals surface area contributed by atoms with E-state index in [1.807, 2.05) is 6.07 Å². The number of carbonyl (C=O) groups is 1. The Morgan fingerprint density at radius 2 is 1.86 bits per heavy atom. The van der Waals surface area contributed by atoms with Gasteiger partial charge in [-0.1, -0.05) is 83.2 Å². The number of benzene rings is 1. The fourth-order valence-electron chi connectivity index (χ4n) is 9.59. The Morgan fingerprint density at radius 3 is 2.62 bits per heavy atom. The standard InChI is InChI=1S/C34H49ClO2/c1-22(2)8-6-9-23(3)29-14-15-30-28-13-12-25-21-27(37-32(36)24-10-7-11-26(35)20-24)16-18-33(25,4)31(28)17-19-34(29,30)5/h7,10-12,20,22-23,27-31H,6,8-9,13-19,21H2,1-5H3/t23-,27-,28+,29-,30+,31+,33-,34+/m0/s1. The van der Waals surface area contributed by atoms with Crippen LogP contribution in [0.4, 0.5) is 0 Å². The number of allylic oxidation sites excluding steroid dienone is 1. The van der Waals surface area contributed by atoms with E-state index in [-0.39, 0.29) is 17.5 Å². The van der Waals surface area contributed by atoms with Crippen molar-refractivity contribution in [3.63, 3.8) is 0 Å². The number of esters is 1. The lowest BCUT2D eigenvalue weighted by molar-refractivity contribution is -0.0594. The molecule has 3 heteroatoms. The molecule has 0 N–H and O–H groups in total. The van der Waals surface area contributed by atoms with Gasteiger partial charge in [0.1, 0.15) is 6.10 Å². The normalized spacial score (nSPS) is 37.8. The van der Waals surface area contributed by atoms with Crippen LogP contribution < -0.4 is 0 Å². The summed E-state index contributed by atoms with van der Waals surface area (Å²) in [7, 11) is 0. The number of carbonyl (C=O) groups excluding carboxylic acids is 1. The second-order valence-corrected chi connectivity index (χ2v) is 14.5. The first-order valence-electron chi connectivity index (χ1n) is 15.3. The molecule has 8 atom stereocenters. The molecule has 0 spiro atoms. The fourth-order valence-corrected chi connectivity index (χ4v) is 9.78. The molecule has 3 fully saturated rings. The molecule has 3 saturated carbocycles.